The molecule has 3 amide bonds. The van der Waals surface area contributed by atoms with Crippen molar-refractivity contribution in [3.8, 4) is 0 Å². The molecule has 2 N–H and O–H groups in total. The van der Waals surface area contributed by atoms with Crippen LogP contribution >= 0.6 is 0 Å². The number of benzene rings is 1. The predicted octanol–water partition coefficient (Wildman–Crippen LogP) is 2.35. The molecule has 1 heterocycles. The maximum absolute atomic E-state index is 13.7. The Morgan fingerprint density at radius 2 is 1.72 bits per heavy atom. The Morgan fingerprint density at radius 1 is 1.10 bits per heavy atom. The molecular formula is C19H24F3N3O4. The molecule has 2 rings (SSSR count). The molecule has 0 spiro atoms. The lowest BCUT2D eigenvalue weighted by Crippen LogP contribution is -2.49. The molecule has 1 aliphatic rings. The molecule has 10 heteroatoms. The van der Waals surface area contributed by atoms with Crippen LogP contribution in [0.15, 0.2) is 12.1 Å². The smallest absolute Gasteiger partial charge is 0.408 e. The number of rotatable bonds is 4. The summed E-state index contributed by atoms with van der Waals surface area (Å²) in [5.74, 6) is -5.75. The summed E-state index contributed by atoms with van der Waals surface area (Å²) in [5.41, 5.74) is -1.25. The van der Waals surface area contributed by atoms with E-state index >= 15 is 0 Å². The van der Waals surface area contributed by atoms with Crippen LogP contribution in [0, 0.1) is 17.5 Å². The van der Waals surface area contributed by atoms with Crippen molar-refractivity contribution in [2.45, 2.75) is 45.3 Å². The minimum atomic E-state index is -1.70. The molecule has 1 aromatic carbocycles. The van der Waals surface area contributed by atoms with Crippen LogP contribution in [-0.2, 0) is 9.53 Å². The average molecular weight is 415 g/mol. The zero-order chi connectivity index (χ0) is 21.8. The normalized spacial score (nSPS) is 15.0. The molecule has 160 valence electrons. The third-order valence-corrected chi connectivity index (χ3v) is 4.25. The summed E-state index contributed by atoms with van der Waals surface area (Å²) in [6.07, 6.45) is 0.103. The maximum atomic E-state index is 13.7. The van der Waals surface area contributed by atoms with Gasteiger partial charge < -0.3 is 20.3 Å². The Morgan fingerprint density at radius 3 is 2.31 bits per heavy atom. The number of piperidine rings is 1. The Labute approximate surface area is 166 Å². The number of hydrogen-bond acceptors (Lipinski definition) is 4. The fourth-order valence-electron chi connectivity index (χ4n) is 2.81. The lowest BCUT2D eigenvalue weighted by molar-refractivity contribution is -0.131. The highest BCUT2D eigenvalue weighted by Gasteiger charge is 2.26. The first-order valence-electron chi connectivity index (χ1n) is 9.17. The highest BCUT2D eigenvalue weighted by atomic mass is 19.2. The largest absolute Gasteiger partial charge is 0.444 e. The van der Waals surface area contributed by atoms with Gasteiger partial charge in [-0.05, 0) is 45.7 Å². The third kappa shape index (κ3) is 6.37. The van der Waals surface area contributed by atoms with Gasteiger partial charge in [0.1, 0.15) is 12.1 Å². The van der Waals surface area contributed by atoms with E-state index in [-0.39, 0.29) is 18.5 Å². The van der Waals surface area contributed by atoms with Crippen molar-refractivity contribution in [2.24, 2.45) is 0 Å². The van der Waals surface area contributed by atoms with Crippen molar-refractivity contribution < 1.29 is 32.3 Å². The molecule has 0 radical (unpaired) electrons. The molecule has 0 aromatic heterocycles. The van der Waals surface area contributed by atoms with E-state index in [4.69, 9.17) is 4.74 Å². The van der Waals surface area contributed by atoms with Gasteiger partial charge in [0, 0.05) is 19.1 Å². The monoisotopic (exact) mass is 415 g/mol. The van der Waals surface area contributed by atoms with E-state index < -0.39 is 40.6 Å². The molecule has 0 bridgehead atoms. The predicted molar refractivity (Wildman–Crippen MR) is 97.6 cm³/mol. The molecule has 0 atom stereocenters. The Kier molecular flexibility index (Phi) is 7.10. The first kappa shape index (κ1) is 22.5. The van der Waals surface area contributed by atoms with Crippen LogP contribution in [0.5, 0.6) is 0 Å². The van der Waals surface area contributed by atoms with E-state index in [1.54, 1.807) is 20.8 Å². The molecule has 1 fully saturated rings. The van der Waals surface area contributed by atoms with Crippen molar-refractivity contribution in [3.05, 3.63) is 35.1 Å². The van der Waals surface area contributed by atoms with E-state index in [2.05, 4.69) is 10.6 Å². The lowest BCUT2D eigenvalue weighted by atomic mass is 10.0. The van der Waals surface area contributed by atoms with Crippen LogP contribution in [0.4, 0.5) is 18.0 Å². The molecule has 0 saturated carbocycles. The summed E-state index contributed by atoms with van der Waals surface area (Å²) < 4.78 is 45.0. The Bertz CT molecular complexity index is 788. The minimum absolute atomic E-state index is 0.216. The van der Waals surface area contributed by atoms with Gasteiger partial charge in [-0.15, -0.1) is 0 Å². The molecule has 29 heavy (non-hydrogen) atoms. The zero-order valence-electron chi connectivity index (χ0n) is 16.5. The van der Waals surface area contributed by atoms with Crippen molar-refractivity contribution in [2.75, 3.05) is 19.6 Å². The highest BCUT2D eigenvalue weighted by molar-refractivity contribution is 5.94. The summed E-state index contributed by atoms with van der Waals surface area (Å²) in [6, 6.07) is 1.22. The average Bonchev–Trinajstić information content (AvgIpc) is 2.63. The second-order valence-electron chi connectivity index (χ2n) is 7.71. The van der Waals surface area contributed by atoms with Gasteiger partial charge in [-0.3, -0.25) is 9.59 Å². The third-order valence-electron chi connectivity index (χ3n) is 4.25. The van der Waals surface area contributed by atoms with Crippen LogP contribution in [0.25, 0.3) is 0 Å². The van der Waals surface area contributed by atoms with E-state index in [1.165, 1.54) is 4.90 Å². The SMILES string of the molecule is CC(C)(C)OC(=O)NCC(=O)N1CCC(NC(=O)c2ccc(F)c(F)c2F)CC1. The Hall–Kier alpha value is -2.78. The lowest BCUT2D eigenvalue weighted by Gasteiger charge is -2.32. The fourth-order valence-corrected chi connectivity index (χ4v) is 2.81. The number of carbonyl (C=O) groups excluding carboxylic acids is 3. The first-order valence-corrected chi connectivity index (χ1v) is 9.17. The van der Waals surface area contributed by atoms with Crippen molar-refractivity contribution in [3.63, 3.8) is 0 Å². The maximum Gasteiger partial charge on any atom is 0.408 e. The van der Waals surface area contributed by atoms with Crippen molar-refractivity contribution in [1.82, 2.24) is 15.5 Å². The number of amides is 3. The van der Waals surface area contributed by atoms with Gasteiger partial charge in [-0.2, -0.15) is 0 Å². The number of nitrogens with one attached hydrogen (secondary N) is 2. The molecular weight excluding hydrogens is 391 g/mol. The summed E-state index contributed by atoms with van der Waals surface area (Å²) >= 11 is 0. The fraction of sp³-hybridized carbons (Fsp3) is 0.526. The summed E-state index contributed by atoms with van der Waals surface area (Å²) in [5, 5.41) is 4.95. The van der Waals surface area contributed by atoms with Crippen molar-refractivity contribution >= 4 is 17.9 Å². The first-order chi connectivity index (χ1) is 13.5. The van der Waals surface area contributed by atoms with Crippen LogP contribution in [-0.4, -0.2) is 54.1 Å². The second-order valence-corrected chi connectivity index (χ2v) is 7.71. The quantitative estimate of drug-likeness (QED) is 0.739. The van der Waals surface area contributed by atoms with Gasteiger partial charge in [0.05, 0.1) is 5.56 Å². The molecule has 1 saturated heterocycles. The number of carbonyl (C=O) groups is 3. The standard InChI is InChI=1S/C19H24F3N3O4/c1-19(2,3)29-18(28)23-10-14(26)25-8-6-11(7-9-25)24-17(27)12-4-5-13(20)16(22)15(12)21/h4-5,11H,6-10H2,1-3H3,(H,23,28)(H,24,27). The van der Waals surface area contributed by atoms with Gasteiger partial charge in [-0.1, -0.05) is 0 Å². The number of likely N-dealkylation sites (tertiary alicyclic amines) is 1. The zero-order valence-corrected chi connectivity index (χ0v) is 16.5. The number of alkyl carbamates (subject to hydrolysis) is 1. The van der Waals surface area contributed by atoms with Crippen molar-refractivity contribution in [1.29, 1.82) is 0 Å². The van der Waals surface area contributed by atoms with Gasteiger partial charge >= 0.3 is 6.09 Å². The topological polar surface area (TPSA) is 87.7 Å². The van der Waals surface area contributed by atoms with Gasteiger partial charge in [0.15, 0.2) is 17.5 Å². The van der Waals surface area contributed by atoms with Crippen LogP contribution in [0.2, 0.25) is 0 Å². The van der Waals surface area contributed by atoms with Crippen LogP contribution in [0.3, 0.4) is 0 Å². The van der Waals surface area contributed by atoms with E-state index in [9.17, 15) is 27.6 Å². The number of halogens is 3. The highest BCUT2D eigenvalue weighted by Crippen LogP contribution is 2.17. The number of ether oxygens (including phenoxy) is 1. The second kappa shape index (κ2) is 9.15. The van der Waals surface area contributed by atoms with Gasteiger partial charge in [0.2, 0.25) is 5.91 Å². The Balaban J connectivity index is 1.80. The van der Waals surface area contributed by atoms with E-state index in [1.807, 2.05) is 0 Å². The molecule has 0 unspecified atom stereocenters. The molecule has 7 nitrogen and oxygen atoms in total. The molecule has 0 aliphatic carbocycles. The van der Waals surface area contributed by atoms with Gasteiger partial charge in [-0.25, -0.2) is 18.0 Å². The molecule has 1 aliphatic heterocycles. The van der Waals surface area contributed by atoms with Crippen LogP contribution < -0.4 is 10.6 Å². The summed E-state index contributed by atoms with van der Waals surface area (Å²) in [6.45, 7) is 5.55. The van der Waals surface area contributed by atoms with E-state index in [0.717, 1.165) is 6.07 Å². The number of hydrogen-bond donors (Lipinski definition) is 2. The summed E-state index contributed by atoms with van der Waals surface area (Å²) in [7, 11) is 0. The minimum Gasteiger partial charge on any atom is -0.444 e. The van der Waals surface area contributed by atoms with E-state index in [0.29, 0.717) is 32.0 Å². The number of nitrogens with zero attached hydrogens (tertiary/aromatic N) is 1. The van der Waals surface area contributed by atoms with Gasteiger partial charge in [0.25, 0.3) is 5.91 Å². The van der Waals surface area contributed by atoms with Crippen LogP contribution in [0.1, 0.15) is 44.0 Å². The summed E-state index contributed by atoms with van der Waals surface area (Å²) in [4.78, 5) is 37.4. The molecule has 1 aromatic rings.